The molecule has 6 heteroatoms. The Morgan fingerprint density at radius 1 is 1.67 bits per heavy atom. The van der Waals surface area contributed by atoms with Gasteiger partial charge in [0.25, 0.3) is 0 Å². The van der Waals surface area contributed by atoms with Crippen LogP contribution >= 0.6 is 12.2 Å². The van der Waals surface area contributed by atoms with E-state index in [1.54, 1.807) is 12.3 Å². The van der Waals surface area contributed by atoms with Gasteiger partial charge in [0.2, 0.25) is 5.95 Å². The number of nitrogens with two attached hydrogens (primary N) is 1. The molecule has 1 aromatic heterocycles. The summed E-state index contributed by atoms with van der Waals surface area (Å²) in [5.74, 6) is 0.681. The van der Waals surface area contributed by atoms with E-state index in [-0.39, 0.29) is 0 Å². The number of likely N-dealkylation sites (tertiary alicyclic amines) is 1. The lowest BCUT2D eigenvalue weighted by Gasteiger charge is -2.25. The van der Waals surface area contributed by atoms with Crippen molar-refractivity contribution in [2.75, 3.05) is 32.1 Å². The molecule has 1 unspecified atom stereocenters. The summed E-state index contributed by atoms with van der Waals surface area (Å²) in [5.41, 5.74) is 6.21. The maximum absolute atomic E-state index is 5.58. The SMILES string of the molecule is CN(CC1CCCN1C)c1nccc(C(N)=S)n1. The Balaban J connectivity index is 2.06. The zero-order chi connectivity index (χ0) is 13.1. The van der Waals surface area contributed by atoms with Crippen LogP contribution in [0, 0.1) is 0 Å². The molecular weight excluding hydrogens is 246 g/mol. The molecule has 0 saturated carbocycles. The first-order valence-corrected chi connectivity index (χ1v) is 6.53. The third kappa shape index (κ3) is 2.94. The molecule has 1 saturated heterocycles. The summed E-state index contributed by atoms with van der Waals surface area (Å²) >= 11 is 4.93. The summed E-state index contributed by atoms with van der Waals surface area (Å²) in [7, 11) is 4.17. The standard InChI is InChI=1S/C12H19N5S/c1-16-7-3-4-9(16)8-17(2)12-14-6-5-10(15-12)11(13)18/h5-6,9H,3-4,7-8H2,1-2H3,(H2,13,18). The molecule has 2 heterocycles. The number of aromatic nitrogens is 2. The van der Waals surface area contributed by atoms with Crippen molar-refractivity contribution in [1.82, 2.24) is 14.9 Å². The summed E-state index contributed by atoms with van der Waals surface area (Å²) in [5, 5.41) is 0. The first kappa shape index (κ1) is 13.2. The van der Waals surface area contributed by atoms with Gasteiger partial charge in [-0.15, -0.1) is 0 Å². The van der Waals surface area contributed by atoms with Crippen molar-refractivity contribution >= 4 is 23.2 Å². The van der Waals surface area contributed by atoms with Gasteiger partial charge in [-0.05, 0) is 32.5 Å². The van der Waals surface area contributed by atoms with E-state index in [0.29, 0.717) is 22.7 Å². The smallest absolute Gasteiger partial charge is 0.225 e. The molecule has 2 N–H and O–H groups in total. The Morgan fingerprint density at radius 2 is 2.44 bits per heavy atom. The molecule has 98 valence electrons. The Labute approximate surface area is 113 Å². The molecule has 0 amide bonds. The summed E-state index contributed by atoms with van der Waals surface area (Å²) in [6.07, 6.45) is 4.20. The van der Waals surface area contributed by atoms with Crippen LogP contribution in [0.15, 0.2) is 12.3 Å². The summed E-state index contributed by atoms with van der Waals surface area (Å²) in [4.78, 5) is 13.4. The quantitative estimate of drug-likeness (QED) is 0.806. The molecule has 18 heavy (non-hydrogen) atoms. The van der Waals surface area contributed by atoms with Gasteiger partial charge in [0, 0.05) is 25.8 Å². The van der Waals surface area contributed by atoms with E-state index in [4.69, 9.17) is 18.0 Å². The van der Waals surface area contributed by atoms with E-state index < -0.39 is 0 Å². The molecule has 1 aliphatic heterocycles. The van der Waals surface area contributed by atoms with Crippen LogP contribution in [0.2, 0.25) is 0 Å². The second-order valence-corrected chi connectivity index (χ2v) is 5.20. The summed E-state index contributed by atoms with van der Waals surface area (Å²) < 4.78 is 0. The second-order valence-electron chi connectivity index (χ2n) is 4.76. The van der Waals surface area contributed by atoms with Crippen molar-refractivity contribution < 1.29 is 0 Å². The van der Waals surface area contributed by atoms with Crippen molar-refractivity contribution in [3.63, 3.8) is 0 Å². The maximum Gasteiger partial charge on any atom is 0.225 e. The zero-order valence-corrected chi connectivity index (χ0v) is 11.7. The normalized spacial score (nSPS) is 20.0. The minimum absolute atomic E-state index is 0.310. The monoisotopic (exact) mass is 265 g/mol. The first-order valence-electron chi connectivity index (χ1n) is 6.12. The van der Waals surface area contributed by atoms with Gasteiger partial charge in [0.1, 0.15) is 10.7 Å². The van der Waals surface area contributed by atoms with Crippen molar-refractivity contribution in [3.8, 4) is 0 Å². The van der Waals surface area contributed by atoms with E-state index in [9.17, 15) is 0 Å². The number of anilines is 1. The van der Waals surface area contributed by atoms with Crippen LogP contribution in [-0.4, -0.2) is 53.1 Å². The largest absolute Gasteiger partial charge is 0.388 e. The molecule has 0 bridgehead atoms. The number of hydrogen-bond acceptors (Lipinski definition) is 5. The van der Waals surface area contributed by atoms with Gasteiger partial charge in [-0.3, -0.25) is 0 Å². The fraction of sp³-hybridized carbons (Fsp3) is 0.583. The highest BCUT2D eigenvalue weighted by Crippen LogP contribution is 2.17. The Hall–Kier alpha value is -1.27. The molecule has 1 fully saturated rings. The lowest BCUT2D eigenvalue weighted by atomic mass is 10.2. The summed E-state index contributed by atoms with van der Waals surface area (Å²) in [6.45, 7) is 2.10. The van der Waals surface area contributed by atoms with E-state index in [0.717, 1.165) is 6.54 Å². The lowest BCUT2D eigenvalue weighted by molar-refractivity contribution is 0.313. The Kier molecular flexibility index (Phi) is 4.08. The molecule has 1 atom stereocenters. The number of nitrogens with zero attached hydrogens (tertiary/aromatic N) is 4. The molecular formula is C12H19N5S. The van der Waals surface area contributed by atoms with Crippen molar-refractivity contribution in [1.29, 1.82) is 0 Å². The zero-order valence-electron chi connectivity index (χ0n) is 10.8. The highest BCUT2D eigenvalue weighted by atomic mass is 32.1. The molecule has 0 aliphatic carbocycles. The molecule has 0 radical (unpaired) electrons. The van der Waals surface area contributed by atoms with E-state index in [2.05, 4.69) is 26.8 Å². The van der Waals surface area contributed by atoms with E-state index >= 15 is 0 Å². The van der Waals surface area contributed by atoms with Crippen LogP contribution in [0.25, 0.3) is 0 Å². The topological polar surface area (TPSA) is 58.3 Å². The van der Waals surface area contributed by atoms with Crippen molar-refractivity contribution in [3.05, 3.63) is 18.0 Å². The van der Waals surface area contributed by atoms with Gasteiger partial charge in [0.05, 0.1) is 0 Å². The van der Waals surface area contributed by atoms with E-state index in [1.165, 1.54) is 19.4 Å². The van der Waals surface area contributed by atoms with Gasteiger partial charge in [-0.1, -0.05) is 12.2 Å². The number of likely N-dealkylation sites (N-methyl/N-ethyl adjacent to an activating group) is 2. The fourth-order valence-corrected chi connectivity index (χ4v) is 2.39. The average molecular weight is 265 g/mol. The van der Waals surface area contributed by atoms with Gasteiger partial charge in [0.15, 0.2) is 0 Å². The predicted molar refractivity (Wildman–Crippen MR) is 76.8 cm³/mol. The Morgan fingerprint density at radius 3 is 3.06 bits per heavy atom. The number of hydrogen-bond donors (Lipinski definition) is 1. The third-order valence-electron chi connectivity index (χ3n) is 3.39. The molecule has 5 nitrogen and oxygen atoms in total. The van der Waals surface area contributed by atoms with Crippen LogP contribution in [0.3, 0.4) is 0 Å². The fourth-order valence-electron chi connectivity index (χ4n) is 2.28. The van der Waals surface area contributed by atoms with Crippen LogP contribution < -0.4 is 10.6 Å². The van der Waals surface area contributed by atoms with E-state index in [1.807, 2.05) is 7.05 Å². The third-order valence-corrected chi connectivity index (χ3v) is 3.60. The van der Waals surface area contributed by atoms with Crippen LogP contribution in [0.1, 0.15) is 18.5 Å². The second kappa shape index (κ2) is 5.58. The van der Waals surface area contributed by atoms with Crippen molar-refractivity contribution in [2.24, 2.45) is 5.73 Å². The molecule has 0 spiro atoms. The number of thiocarbonyl (C=S) groups is 1. The molecule has 0 aromatic carbocycles. The minimum atomic E-state index is 0.310. The highest BCUT2D eigenvalue weighted by molar-refractivity contribution is 7.80. The van der Waals surface area contributed by atoms with Gasteiger partial charge < -0.3 is 15.5 Å². The average Bonchev–Trinajstić information content (AvgIpc) is 2.75. The highest BCUT2D eigenvalue weighted by Gasteiger charge is 2.22. The first-order chi connectivity index (χ1) is 8.58. The molecule has 1 aliphatic rings. The van der Waals surface area contributed by atoms with Gasteiger partial charge in [-0.25, -0.2) is 9.97 Å². The van der Waals surface area contributed by atoms with Crippen LogP contribution in [-0.2, 0) is 0 Å². The van der Waals surface area contributed by atoms with Crippen LogP contribution in [0.4, 0.5) is 5.95 Å². The van der Waals surface area contributed by atoms with Crippen molar-refractivity contribution in [2.45, 2.75) is 18.9 Å². The maximum atomic E-state index is 5.58. The van der Waals surface area contributed by atoms with Gasteiger partial charge >= 0.3 is 0 Å². The summed E-state index contributed by atoms with van der Waals surface area (Å²) in [6, 6.07) is 2.31. The Bertz CT molecular complexity index is 436. The molecule has 1 aromatic rings. The number of rotatable bonds is 4. The predicted octanol–water partition coefficient (Wildman–Crippen LogP) is 0.641. The van der Waals surface area contributed by atoms with Gasteiger partial charge in [-0.2, -0.15) is 0 Å². The minimum Gasteiger partial charge on any atom is -0.388 e. The molecule has 2 rings (SSSR count). The lowest BCUT2D eigenvalue weighted by Crippen LogP contribution is -2.37. The van der Waals surface area contributed by atoms with Crippen LogP contribution in [0.5, 0.6) is 0 Å².